The lowest BCUT2D eigenvalue weighted by Gasteiger charge is -2.19. The second-order valence-corrected chi connectivity index (χ2v) is 6.73. The van der Waals surface area contributed by atoms with Crippen molar-refractivity contribution in [3.8, 4) is 0 Å². The summed E-state index contributed by atoms with van der Waals surface area (Å²) in [6, 6.07) is 1.83. The van der Waals surface area contributed by atoms with Crippen molar-refractivity contribution in [1.29, 1.82) is 0 Å². The highest BCUT2D eigenvalue weighted by Crippen LogP contribution is 2.22. The molecule has 0 radical (unpaired) electrons. The maximum Gasteiger partial charge on any atom is 0.316 e. The summed E-state index contributed by atoms with van der Waals surface area (Å²) in [5.41, 5.74) is -0.456. The summed E-state index contributed by atoms with van der Waals surface area (Å²) < 4.78 is 5.27. The van der Waals surface area contributed by atoms with Gasteiger partial charge in [0.15, 0.2) is 0 Å². The SMILES string of the molecule is CNc1cc(SCC(=O)OC(C)(C)C)nc(C(C)C)n1. The van der Waals surface area contributed by atoms with E-state index in [0.29, 0.717) is 0 Å². The lowest BCUT2D eigenvalue weighted by molar-refractivity contribution is -0.151. The first-order valence-corrected chi connectivity index (χ1v) is 7.61. The Morgan fingerprint density at radius 3 is 2.55 bits per heavy atom. The first-order valence-electron chi connectivity index (χ1n) is 6.62. The highest BCUT2D eigenvalue weighted by atomic mass is 32.2. The number of hydrogen-bond donors (Lipinski definition) is 1. The van der Waals surface area contributed by atoms with Gasteiger partial charge < -0.3 is 10.1 Å². The summed E-state index contributed by atoms with van der Waals surface area (Å²) in [5, 5.41) is 3.78. The van der Waals surface area contributed by atoms with Gasteiger partial charge in [-0.1, -0.05) is 25.6 Å². The smallest absolute Gasteiger partial charge is 0.316 e. The van der Waals surface area contributed by atoms with Crippen LogP contribution in [0.2, 0.25) is 0 Å². The van der Waals surface area contributed by atoms with Crippen LogP contribution in [0.3, 0.4) is 0 Å². The lowest BCUT2D eigenvalue weighted by Crippen LogP contribution is -2.24. The van der Waals surface area contributed by atoms with E-state index in [1.54, 1.807) is 0 Å². The molecule has 0 aromatic carbocycles. The second-order valence-electron chi connectivity index (χ2n) is 5.73. The highest BCUT2D eigenvalue weighted by Gasteiger charge is 2.17. The molecule has 0 aliphatic carbocycles. The van der Waals surface area contributed by atoms with Gasteiger partial charge in [-0.25, -0.2) is 9.97 Å². The van der Waals surface area contributed by atoms with E-state index in [-0.39, 0.29) is 17.6 Å². The molecule has 20 heavy (non-hydrogen) atoms. The predicted octanol–water partition coefficient (Wildman–Crippen LogP) is 3.08. The summed E-state index contributed by atoms with van der Waals surface area (Å²) in [5.74, 6) is 1.77. The van der Waals surface area contributed by atoms with E-state index in [1.807, 2.05) is 47.7 Å². The number of carbonyl (C=O) groups is 1. The van der Waals surface area contributed by atoms with E-state index >= 15 is 0 Å². The van der Waals surface area contributed by atoms with Gasteiger partial charge in [0.2, 0.25) is 0 Å². The molecule has 1 N–H and O–H groups in total. The van der Waals surface area contributed by atoms with E-state index in [9.17, 15) is 4.79 Å². The van der Waals surface area contributed by atoms with Crippen LogP contribution < -0.4 is 5.32 Å². The van der Waals surface area contributed by atoms with E-state index in [1.165, 1.54) is 11.8 Å². The lowest BCUT2D eigenvalue weighted by atomic mass is 10.2. The number of nitrogens with one attached hydrogen (secondary N) is 1. The van der Waals surface area contributed by atoms with Gasteiger partial charge in [0.1, 0.15) is 22.3 Å². The third-order valence-electron chi connectivity index (χ3n) is 2.25. The van der Waals surface area contributed by atoms with Crippen molar-refractivity contribution in [2.45, 2.75) is 51.2 Å². The van der Waals surface area contributed by atoms with Crippen molar-refractivity contribution in [1.82, 2.24) is 9.97 Å². The highest BCUT2D eigenvalue weighted by molar-refractivity contribution is 7.99. The van der Waals surface area contributed by atoms with E-state index in [2.05, 4.69) is 15.3 Å². The molecule has 1 aromatic rings. The van der Waals surface area contributed by atoms with Crippen LogP contribution in [0, 0.1) is 0 Å². The summed E-state index contributed by atoms with van der Waals surface area (Å²) in [6.07, 6.45) is 0. The number of thioether (sulfide) groups is 1. The van der Waals surface area contributed by atoms with Gasteiger partial charge in [0.25, 0.3) is 0 Å². The molecule has 0 aliphatic heterocycles. The monoisotopic (exact) mass is 297 g/mol. The van der Waals surface area contributed by atoms with Crippen molar-refractivity contribution in [2.75, 3.05) is 18.1 Å². The van der Waals surface area contributed by atoms with Gasteiger partial charge in [0.05, 0.1) is 5.75 Å². The van der Waals surface area contributed by atoms with Crippen molar-refractivity contribution < 1.29 is 9.53 Å². The Morgan fingerprint density at radius 2 is 2.05 bits per heavy atom. The Balaban J connectivity index is 2.72. The van der Waals surface area contributed by atoms with Gasteiger partial charge in [-0.3, -0.25) is 4.79 Å². The maximum absolute atomic E-state index is 11.7. The van der Waals surface area contributed by atoms with E-state index < -0.39 is 5.60 Å². The van der Waals surface area contributed by atoms with Crippen LogP contribution in [0.15, 0.2) is 11.1 Å². The summed E-state index contributed by atoms with van der Waals surface area (Å²) in [6.45, 7) is 9.65. The average Bonchev–Trinajstić information content (AvgIpc) is 2.33. The van der Waals surface area contributed by atoms with E-state index in [4.69, 9.17) is 4.74 Å². The summed E-state index contributed by atoms with van der Waals surface area (Å²) in [7, 11) is 1.81. The molecule has 5 nitrogen and oxygen atoms in total. The Hall–Kier alpha value is -1.30. The fourth-order valence-corrected chi connectivity index (χ4v) is 2.08. The molecule has 0 saturated heterocycles. The molecule has 0 saturated carbocycles. The molecular formula is C14H23N3O2S. The molecule has 1 aromatic heterocycles. The predicted molar refractivity (Wildman–Crippen MR) is 82.2 cm³/mol. The van der Waals surface area contributed by atoms with Crippen LogP contribution in [-0.4, -0.2) is 34.3 Å². The van der Waals surface area contributed by atoms with Crippen LogP contribution in [0.5, 0.6) is 0 Å². The number of aromatic nitrogens is 2. The molecule has 6 heteroatoms. The third kappa shape index (κ3) is 5.77. The number of esters is 1. The average molecular weight is 297 g/mol. The van der Waals surface area contributed by atoms with Crippen molar-refractivity contribution in [3.05, 3.63) is 11.9 Å². The number of anilines is 1. The zero-order chi connectivity index (χ0) is 15.3. The van der Waals surface area contributed by atoms with Gasteiger partial charge in [-0.05, 0) is 20.8 Å². The first kappa shape index (κ1) is 16.8. The standard InChI is InChI=1S/C14H23N3O2S/c1-9(2)13-16-10(15-6)7-11(17-13)20-8-12(18)19-14(3,4)5/h7,9H,8H2,1-6H3,(H,15,16,17). The van der Waals surface area contributed by atoms with Crippen molar-refractivity contribution >= 4 is 23.5 Å². The van der Waals surface area contributed by atoms with Crippen molar-refractivity contribution in [3.63, 3.8) is 0 Å². The quantitative estimate of drug-likeness (QED) is 0.512. The molecule has 1 rings (SSSR count). The normalized spacial score (nSPS) is 11.6. The number of ether oxygens (including phenoxy) is 1. The number of hydrogen-bond acceptors (Lipinski definition) is 6. The van der Waals surface area contributed by atoms with Gasteiger partial charge >= 0.3 is 5.97 Å². The first-order chi connectivity index (χ1) is 9.21. The molecule has 112 valence electrons. The number of nitrogens with zero attached hydrogens (tertiary/aromatic N) is 2. The molecule has 0 spiro atoms. The zero-order valence-electron chi connectivity index (χ0n) is 13.0. The minimum absolute atomic E-state index is 0.238. The number of rotatable bonds is 5. The molecule has 0 fully saturated rings. The largest absolute Gasteiger partial charge is 0.459 e. The second kappa shape index (κ2) is 6.92. The zero-order valence-corrected chi connectivity index (χ0v) is 13.8. The van der Waals surface area contributed by atoms with Gasteiger partial charge in [-0.15, -0.1) is 0 Å². The van der Waals surface area contributed by atoms with Gasteiger partial charge in [-0.2, -0.15) is 0 Å². The number of carbonyl (C=O) groups excluding carboxylic acids is 1. The minimum Gasteiger partial charge on any atom is -0.459 e. The Kier molecular flexibility index (Phi) is 5.80. The molecule has 0 atom stereocenters. The van der Waals surface area contributed by atoms with Crippen LogP contribution in [0.4, 0.5) is 5.82 Å². The molecule has 0 unspecified atom stereocenters. The Labute approximate surface area is 124 Å². The molecule has 0 aliphatic rings. The van der Waals surface area contributed by atoms with Gasteiger partial charge in [0, 0.05) is 19.0 Å². The summed E-state index contributed by atoms with van der Waals surface area (Å²) in [4.78, 5) is 20.5. The molecule has 0 amide bonds. The summed E-state index contributed by atoms with van der Waals surface area (Å²) >= 11 is 1.36. The Morgan fingerprint density at radius 1 is 1.40 bits per heavy atom. The molecular weight excluding hydrogens is 274 g/mol. The maximum atomic E-state index is 11.7. The molecule has 0 bridgehead atoms. The van der Waals surface area contributed by atoms with E-state index in [0.717, 1.165) is 16.7 Å². The topological polar surface area (TPSA) is 64.1 Å². The molecule has 1 heterocycles. The van der Waals surface area contributed by atoms with Crippen LogP contribution in [0.25, 0.3) is 0 Å². The van der Waals surface area contributed by atoms with Crippen LogP contribution in [0.1, 0.15) is 46.4 Å². The fraction of sp³-hybridized carbons (Fsp3) is 0.643. The minimum atomic E-state index is -0.456. The van der Waals surface area contributed by atoms with Crippen molar-refractivity contribution in [2.24, 2.45) is 0 Å². The Bertz CT molecular complexity index is 470. The van der Waals surface area contributed by atoms with Crippen LogP contribution >= 0.6 is 11.8 Å². The third-order valence-corrected chi connectivity index (χ3v) is 3.14. The van der Waals surface area contributed by atoms with Crippen LogP contribution in [-0.2, 0) is 9.53 Å². The fourth-order valence-electron chi connectivity index (χ4n) is 1.41.